The predicted octanol–water partition coefficient (Wildman–Crippen LogP) is 4.07. The first-order chi connectivity index (χ1) is 8.67. The molecule has 0 bridgehead atoms. The maximum absolute atomic E-state index is 3.70. The molecule has 1 N–H and O–H groups in total. The monoisotopic (exact) mass is 263 g/mol. The predicted molar refractivity (Wildman–Crippen MR) is 82.3 cm³/mol. The van der Waals surface area contributed by atoms with E-state index in [1.165, 1.54) is 42.4 Å². The first-order valence-corrected chi connectivity index (χ1v) is 8.20. The van der Waals surface area contributed by atoms with Crippen molar-refractivity contribution >= 4 is 11.8 Å². The molecule has 1 fully saturated rings. The smallest absolute Gasteiger partial charge is 0.0281 e. The van der Waals surface area contributed by atoms with Crippen molar-refractivity contribution in [1.82, 2.24) is 5.32 Å². The van der Waals surface area contributed by atoms with Gasteiger partial charge < -0.3 is 5.32 Å². The van der Waals surface area contributed by atoms with Crippen LogP contribution in [-0.2, 0) is 6.54 Å². The number of aryl methyl sites for hydroxylation is 2. The maximum atomic E-state index is 3.70. The van der Waals surface area contributed by atoms with E-state index in [0.29, 0.717) is 4.75 Å². The third-order valence-electron chi connectivity index (χ3n) is 4.34. The molecule has 0 atom stereocenters. The lowest BCUT2D eigenvalue weighted by molar-refractivity contribution is 0.532. The SMILES string of the molecule is CSC1(CNCc2c(C)cccc2C)CCCC1. The molecule has 1 aliphatic carbocycles. The molecule has 2 heteroatoms. The Morgan fingerprint density at radius 3 is 2.33 bits per heavy atom. The molecule has 0 spiro atoms. The van der Waals surface area contributed by atoms with Crippen LogP contribution in [0.4, 0.5) is 0 Å². The van der Waals surface area contributed by atoms with E-state index in [1.807, 2.05) is 0 Å². The molecule has 100 valence electrons. The largest absolute Gasteiger partial charge is 0.311 e. The Morgan fingerprint density at radius 2 is 1.78 bits per heavy atom. The van der Waals surface area contributed by atoms with Gasteiger partial charge in [0.1, 0.15) is 0 Å². The lowest BCUT2D eigenvalue weighted by Crippen LogP contribution is -2.35. The van der Waals surface area contributed by atoms with E-state index in [4.69, 9.17) is 0 Å². The Morgan fingerprint density at radius 1 is 1.17 bits per heavy atom. The molecule has 1 aromatic rings. The molecule has 18 heavy (non-hydrogen) atoms. The zero-order chi connectivity index (χ0) is 13.0. The number of nitrogens with one attached hydrogen (secondary N) is 1. The van der Waals surface area contributed by atoms with Gasteiger partial charge in [-0.3, -0.25) is 0 Å². The highest BCUT2D eigenvalue weighted by Gasteiger charge is 2.32. The summed E-state index contributed by atoms with van der Waals surface area (Å²) in [6.45, 7) is 6.59. The van der Waals surface area contributed by atoms with Crippen LogP contribution < -0.4 is 5.32 Å². The van der Waals surface area contributed by atoms with E-state index in [9.17, 15) is 0 Å². The quantitative estimate of drug-likeness (QED) is 0.859. The average molecular weight is 263 g/mol. The molecule has 1 saturated carbocycles. The van der Waals surface area contributed by atoms with Crippen LogP contribution in [0.1, 0.15) is 42.4 Å². The minimum atomic E-state index is 0.511. The minimum Gasteiger partial charge on any atom is -0.311 e. The molecule has 1 aromatic carbocycles. The summed E-state index contributed by atoms with van der Waals surface area (Å²) in [4.78, 5) is 0. The summed E-state index contributed by atoms with van der Waals surface area (Å²) < 4.78 is 0.511. The Hall–Kier alpha value is -0.470. The van der Waals surface area contributed by atoms with Gasteiger partial charge in [0.05, 0.1) is 0 Å². The standard InChI is InChI=1S/C16H25NS/c1-13-7-6-8-14(2)15(13)11-17-12-16(18-3)9-4-5-10-16/h6-8,17H,4-5,9-12H2,1-3H3. The zero-order valence-electron chi connectivity index (χ0n) is 11.9. The molecule has 0 radical (unpaired) electrons. The van der Waals surface area contributed by atoms with Gasteiger partial charge in [-0.25, -0.2) is 0 Å². The van der Waals surface area contributed by atoms with Crippen LogP contribution in [0.2, 0.25) is 0 Å². The summed E-state index contributed by atoms with van der Waals surface area (Å²) in [6, 6.07) is 6.57. The van der Waals surface area contributed by atoms with Crippen molar-refractivity contribution in [2.24, 2.45) is 0 Å². The zero-order valence-corrected chi connectivity index (χ0v) is 12.7. The Bertz CT molecular complexity index is 374. The van der Waals surface area contributed by atoms with Gasteiger partial charge in [-0.15, -0.1) is 0 Å². The fourth-order valence-corrected chi connectivity index (χ4v) is 3.96. The topological polar surface area (TPSA) is 12.0 Å². The van der Waals surface area contributed by atoms with E-state index in [1.54, 1.807) is 0 Å². The summed E-state index contributed by atoms with van der Waals surface area (Å²) in [6.07, 6.45) is 7.85. The second-order valence-corrected chi connectivity index (χ2v) is 6.84. The van der Waals surface area contributed by atoms with Gasteiger partial charge in [0, 0.05) is 17.8 Å². The molecule has 0 unspecified atom stereocenters. The number of benzene rings is 1. The van der Waals surface area contributed by atoms with Crippen LogP contribution in [0.5, 0.6) is 0 Å². The minimum absolute atomic E-state index is 0.511. The molecular weight excluding hydrogens is 238 g/mol. The summed E-state index contributed by atoms with van der Waals surface area (Å²) in [5, 5.41) is 3.70. The first-order valence-electron chi connectivity index (χ1n) is 6.98. The van der Waals surface area contributed by atoms with Gasteiger partial charge in [0.25, 0.3) is 0 Å². The van der Waals surface area contributed by atoms with Crippen molar-refractivity contribution in [2.75, 3.05) is 12.8 Å². The molecule has 0 heterocycles. The van der Waals surface area contributed by atoms with E-state index < -0.39 is 0 Å². The molecule has 2 rings (SSSR count). The van der Waals surface area contributed by atoms with Gasteiger partial charge in [0.2, 0.25) is 0 Å². The highest BCUT2D eigenvalue weighted by molar-refractivity contribution is 8.00. The summed E-state index contributed by atoms with van der Waals surface area (Å²) in [7, 11) is 0. The van der Waals surface area contributed by atoms with E-state index >= 15 is 0 Å². The van der Waals surface area contributed by atoms with Gasteiger partial charge in [-0.05, 0) is 49.6 Å². The van der Waals surface area contributed by atoms with Crippen molar-refractivity contribution < 1.29 is 0 Å². The molecule has 1 nitrogen and oxygen atoms in total. The molecule has 1 aliphatic rings. The average Bonchev–Trinajstić information content (AvgIpc) is 2.82. The fourth-order valence-electron chi connectivity index (χ4n) is 3.02. The van der Waals surface area contributed by atoms with Crippen LogP contribution in [-0.4, -0.2) is 17.5 Å². The van der Waals surface area contributed by atoms with Gasteiger partial charge in [-0.2, -0.15) is 11.8 Å². The number of rotatable bonds is 5. The number of hydrogen-bond acceptors (Lipinski definition) is 2. The second-order valence-electron chi connectivity index (χ2n) is 5.57. The summed E-state index contributed by atoms with van der Waals surface area (Å²) >= 11 is 2.06. The van der Waals surface area contributed by atoms with Crippen LogP contribution in [0.15, 0.2) is 18.2 Å². The van der Waals surface area contributed by atoms with E-state index in [-0.39, 0.29) is 0 Å². The molecule has 0 saturated heterocycles. The third-order valence-corrected chi connectivity index (χ3v) is 5.76. The summed E-state index contributed by atoms with van der Waals surface area (Å²) in [5.41, 5.74) is 4.30. The highest BCUT2D eigenvalue weighted by atomic mass is 32.2. The Kier molecular flexibility index (Phi) is 4.74. The van der Waals surface area contributed by atoms with Crippen molar-refractivity contribution in [3.63, 3.8) is 0 Å². The van der Waals surface area contributed by atoms with Crippen LogP contribution in [0, 0.1) is 13.8 Å². The number of thioether (sulfide) groups is 1. The van der Waals surface area contributed by atoms with Crippen molar-refractivity contribution in [3.8, 4) is 0 Å². The molecule has 0 aliphatic heterocycles. The van der Waals surface area contributed by atoms with Gasteiger partial charge >= 0.3 is 0 Å². The third kappa shape index (κ3) is 3.10. The van der Waals surface area contributed by atoms with Crippen LogP contribution in [0.25, 0.3) is 0 Å². The van der Waals surface area contributed by atoms with Crippen LogP contribution in [0.3, 0.4) is 0 Å². The van der Waals surface area contributed by atoms with Crippen molar-refractivity contribution in [1.29, 1.82) is 0 Å². The van der Waals surface area contributed by atoms with Crippen molar-refractivity contribution in [3.05, 3.63) is 34.9 Å². The van der Waals surface area contributed by atoms with Crippen molar-refractivity contribution in [2.45, 2.75) is 50.8 Å². The molecular formula is C16H25NS. The van der Waals surface area contributed by atoms with Gasteiger partial charge in [-0.1, -0.05) is 31.0 Å². The van der Waals surface area contributed by atoms with Gasteiger partial charge in [0.15, 0.2) is 0 Å². The molecule has 0 amide bonds. The molecule has 0 aromatic heterocycles. The fraction of sp³-hybridized carbons (Fsp3) is 0.625. The Labute approximate surface area is 116 Å². The normalized spacial score (nSPS) is 18.2. The maximum Gasteiger partial charge on any atom is 0.0281 e. The highest BCUT2D eigenvalue weighted by Crippen LogP contribution is 2.39. The lowest BCUT2D eigenvalue weighted by Gasteiger charge is -2.27. The first kappa shape index (κ1) is 14.0. The Balaban J connectivity index is 1.92. The van der Waals surface area contributed by atoms with E-state index in [0.717, 1.165) is 13.1 Å². The summed E-state index contributed by atoms with van der Waals surface area (Å²) in [5.74, 6) is 0. The second kappa shape index (κ2) is 6.12. The lowest BCUT2D eigenvalue weighted by atomic mass is 10.0. The number of hydrogen-bond donors (Lipinski definition) is 1. The van der Waals surface area contributed by atoms with Crippen LogP contribution >= 0.6 is 11.8 Å². The van der Waals surface area contributed by atoms with E-state index in [2.05, 4.69) is 55.4 Å².